The summed E-state index contributed by atoms with van der Waals surface area (Å²) in [4.78, 5) is 0. The van der Waals surface area contributed by atoms with Crippen molar-refractivity contribution in [2.45, 2.75) is 94.9 Å². The summed E-state index contributed by atoms with van der Waals surface area (Å²) in [7, 11) is 0. The molecule has 0 aromatic heterocycles. The maximum atomic E-state index is 2.48. The van der Waals surface area contributed by atoms with Gasteiger partial charge in [-0.15, -0.1) is 0 Å². The minimum absolute atomic E-state index is 0.269. The van der Waals surface area contributed by atoms with Gasteiger partial charge in [0.25, 0.3) is 0 Å². The van der Waals surface area contributed by atoms with E-state index in [0.29, 0.717) is 0 Å². The van der Waals surface area contributed by atoms with Crippen molar-refractivity contribution in [2.24, 2.45) is 10.8 Å². The van der Waals surface area contributed by atoms with Crippen LogP contribution >= 0.6 is 0 Å². The van der Waals surface area contributed by atoms with Gasteiger partial charge in [0, 0.05) is 0 Å². The van der Waals surface area contributed by atoms with E-state index in [1.54, 1.807) is 33.4 Å². The van der Waals surface area contributed by atoms with Gasteiger partial charge < -0.3 is 0 Å². The number of hydrogen-bond acceptors (Lipinski definition) is 0. The zero-order chi connectivity index (χ0) is 19.2. The van der Waals surface area contributed by atoms with Crippen molar-refractivity contribution < 1.29 is 0 Å². The van der Waals surface area contributed by atoms with Crippen LogP contribution < -0.4 is 0 Å². The van der Waals surface area contributed by atoms with Crippen molar-refractivity contribution in [2.75, 3.05) is 0 Å². The molecule has 0 N–H and O–H groups in total. The Labute approximate surface area is 166 Å². The van der Waals surface area contributed by atoms with Crippen molar-refractivity contribution in [1.82, 2.24) is 0 Å². The van der Waals surface area contributed by atoms with Crippen LogP contribution in [0.15, 0.2) is 40.8 Å². The molecule has 0 atom stereocenters. The molecule has 0 spiro atoms. The van der Waals surface area contributed by atoms with Crippen LogP contribution in [0.3, 0.4) is 0 Å². The van der Waals surface area contributed by atoms with Gasteiger partial charge in [0.15, 0.2) is 0 Å². The Morgan fingerprint density at radius 3 is 1.24 bits per heavy atom. The molecule has 2 aliphatic rings. The minimum Gasteiger partial charge on any atom is -0.173 e. The predicted molar refractivity (Wildman–Crippen MR) is 114 cm³/mol. The highest BCUT2D eigenvalue weighted by molar-refractivity contribution is 6.56. The molecule has 2 rings (SSSR count). The van der Waals surface area contributed by atoms with Crippen molar-refractivity contribution in [3.63, 3.8) is 0 Å². The lowest BCUT2D eigenvalue weighted by molar-refractivity contribution is 0.558. The Morgan fingerprint density at radius 2 is 0.960 bits per heavy atom. The van der Waals surface area contributed by atoms with Gasteiger partial charge in [-0.1, -0.05) is 87.8 Å². The Morgan fingerprint density at radius 1 is 0.640 bits per heavy atom. The summed E-state index contributed by atoms with van der Waals surface area (Å²) in [6.45, 7) is 24.1. The van der Waals surface area contributed by atoms with Gasteiger partial charge >= 0.3 is 20.4 Å². The van der Waals surface area contributed by atoms with Gasteiger partial charge in [0.2, 0.25) is 0 Å². The third kappa shape index (κ3) is 3.36. The van der Waals surface area contributed by atoms with E-state index in [9.17, 15) is 0 Å². The van der Waals surface area contributed by atoms with E-state index in [1.807, 2.05) is 7.40 Å². The second kappa shape index (κ2) is 7.39. The lowest BCUT2D eigenvalue weighted by Gasteiger charge is -2.33. The lowest BCUT2D eigenvalue weighted by Crippen LogP contribution is -2.26. The van der Waals surface area contributed by atoms with E-state index in [1.165, 1.54) is 25.7 Å². The van der Waals surface area contributed by atoms with Crippen LogP contribution in [0, 0.1) is 10.8 Å². The summed E-state index contributed by atoms with van der Waals surface area (Å²) < 4.78 is 3.67. The summed E-state index contributed by atoms with van der Waals surface area (Å²) in [5, 5.41) is 0. The highest BCUT2D eigenvalue weighted by atomic mass is 24.5. The molecule has 0 saturated carbocycles. The highest BCUT2D eigenvalue weighted by Gasteiger charge is 2.41. The Bertz CT molecular complexity index is 630. The van der Waals surface area contributed by atoms with Crippen molar-refractivity contribution in [3.8, 4) is 0 Å². The summed E-state index contributed by atoms with van der Waals surface area (Å²) in [6.07, 6.45) is 5.04. The first-order valence-electron chi connectivity index (χ1n) is 10.3. The topological polar surface area (TPSA) is 0 Å². The molecule has 1 heteroatoms. The summed E-state index contributed by atoms with van der Waals surface area (Å²) in [6, 6.07) is 0. The fraction of sp³-hybridized carbons (Fsp3) is 0.667. The molecule has 0 heterocycles. The fourth-order valence-electron chi connectivity index (χ4n) is 5.06. The van der Waals surface area contributed by atoms with Gasteiger partial charge in [-0.05, 0) is 51.4 Å². The Balaban J connectivity index is 2.56. The molecule has 2 aliphatic carbocycles. The smallest absolute Gasteiger partial charge is 0.173 e. The molecule has 0 nitrogen and oxygen atoms in total. The lowest BCUT2D eigenvalue weighted by atomic mass is 9.86. The third-order valence-electron chi connectivity index (χ3n) is 7.50. The second-order valence-corrected chi connectivity index (χ2v) is 11.1. The highest BCUT2D eigenvalue weighted by Crippen LogP contribution is 2.52. The Hall–Kier alpha value is -0.274. The molecule has 0 saturated heterocycles. The number of hydrogen-bond donors (Lipinski definition) is 0. The first-order chi connectivity index (χ1) is 11.5. The molecular formula is C24H38Mg. The standard InChI is InChI=1S/2C12H19.Mg/c2*1-6-7-11-8-12(4,5)10(3)9(11)2;/h2*6-7H2,1-5H3;. The van der Waals surface area contributed by atoms with Crippen molar-refractivity contribution >= 4 is 20.4 Å². The van der Waals surface area contributed by atoms with Crippen LogP contribution in [0.2, 0.25) is 0 Å². The molecule has 0 bridgehead atoms. The van der Waals surface area contributed by atoms with E-state index in [0.717, 1.165) is 0 Å². The van der Waals surface area contributed by atoms with Crippen molar-refractivity contribution in [3.05, 3.63) is 40.8 Å². The van der Waals surface area contributed by atoms with Gasteiger partial charge in [0.1, 0.15) is 0 Å². The van der Waals surface area contributed by atoms with E-state index in [4.69, 9.17) is 0 Å². The van der Waals surface area contributed by atoms with Gasteiger partial charge in [-0.3, -0.25) is 0 Å². The molecule has 0 aromatic rings. The van der Waals surface area contributed by atoms with Gasteiger partial charge in [0.05, 0.1) is 0 Å². The molecular weight excluding hydrogens is 313 g/mol. The molecule has 0 aliphatic heterocycles. The molecule has 0 radical (unpaired) electrons. The molecule has 0 fully saturated rings. The first-order valence-corrected chi connectivity index (χ1v) is 11.7. The molecule has 0 aromatic carbocycles. The van der Waals surface area contributed by atoms with E-state index < -0.39 is 20.4 Å². The largest absolute Gasteiger partial charge is 0.441 e. The van der Waals surface area contributed by atoms with Gasteiger partial charge in [-0.2, -0.15) is 7.40 Å². The predicted octanol–water partition coefficient (Wildman–Crippen LogP) is 7.55. The van der Waals surface area contributed by atoms with Gasteiger partial charge in [-0.25, -0.2) is 0 Å². The summed E-state index contributed by atoms with van der Waals surface area (Å²) >= 11 is -0.431. The molecule has 0 amide bonds. The number of allylic oxidation sites excluding steroid dienone is 8. The SMILES string of the molecule is CCCC1=[C]([Mg][C]2=C(CCC)C(C)=C(C)C2(C)C)C(C)(C)C(C)=C1C. The van der Waals surface area contributed by atoms with Crippen LogP contribution in [0.5, 0.6) is 0 Å². The maximum Gasteiger partial charge on any atom is 0.441 e. The first kappa shape index (κ1) is 21.0. The minimum atomic E-state index is -0.431. The van der Waals surface area contributed by atoms with Crippen LogP contribution in [-0.4, -0.2) is 20.4 Å². The van der Waals surface area contributed by atoms with E-state index in [-0.39, 0.29) is 10.8 Å². The van der Waals surface area contributed by atoms with Crippen LogP contribution in [0.25, 0.3) is 0 Å². The molecule has 25 heavy (non-hydrogen) atoms. The Kier molecular flexibility index (Phi) is 6.22. The third-order valence-corrected chi connectivity index (χ3v) is 10.8. The maximum absolute atomic E-state index is 2.48. The molecule has 136 valence electrons. The molecule has 0 unspecified atom stereocenters. The normalized spacial score (nSPS) is 22.5. The van der Waals surface area contributed by atoms with Crippen molar-refractivity contribution in [1.29, 1.82) is 0 Å². The summed E-state index contributed by atoms with van der Waals surface area (Å²) in [5.74, 6) is 0. The zero-order valence-electron chi connectivity index (χ0n) is 18.5. The van der Waals surface area contributed by atoms with Crippen LogP contribution in [-0.2, 0) is 0 Å². The monoisotopic (exact) mass is 350 g/mol. The second-order valence-electron chi connectivity index (χ2n) is 9.34. The van der Waals surface area contributed by atoms with E-state index in [2.05, 4.69) is 69.2 Å². The fourth-order valence-corrected chi connectivity index (χ4v) is 8.14. The average Bonchev–Trinajstić information content (AvgIpc) is 2.80. The van der Waals surface area contributed by atoms with Crippen LogP contribution in [0.1, 0.15) is 94.9 Å². The van der Waals surface area contributed by atoms with E-state index >= 15 is 0 Å². The quantitative estimate of drug-likeness (QED) is 0.434. The summed E-state index contributed by atoms with van der Waals surface area (Å²) in [5.41, 5.74) is 10.4. The zero-order valence-corrected chi connectivity index (χ0v) is 19.9. The van der Waals surface area contributed by atoms with Crippen LogP contribution in [0.4, 0.5) is 0 Å². The number of rotatable bonds is 6. The average molecular weight is 351 g/mol.